The maximum absolute atomic E-state index is 11.9. The van der Waals surface area contributed by atoms with Crippen LogP contribution in [0, 0.1) is 0 Å². The van der Waals surface area contributed by atoms with Crippen molar-refractivity contribution in [3.63, 3.8) is 0 Å². The molecule has 2 rings (SSSR count). The van der Waals surface area contributed by atoms with Crippen molar-refractivity contribution in [2.75, 3.05) is 0 Å². The molecule has 0 radical (unpaired) electrons. The number of H-pyrrole nitrogens is 2. The summed E-state index contributed by atoms with van der Waals surface area (Å²) >= 11 is 0. The van der Waals surface area contributed by atoms with Crippen molar-refractivity contribution in [1.82, 2.24) is 25.4 Å². The number of aromatic amines is 2. The van der Waals surface area contributed by atoms with Crippen LogP contribution in [0.25, 0.3) is 11.5 Å². The minimum absolute atomic E-state index is 0.120. The maximum atomic E-state index is 11.9. The molecule has 90 valence electrons. The Morgan fingerprint density at radius 3 is 2.71 bits per heavy atom. The van der Waals surface area contributed by atoms with E-state index in [-0.39, 0.29) is 5.69 Å². The largest absolute Gasteiger partial charge is 0.455 e. The zero-order valence-corrected chi connectivity index (χ0v) is 9.81. The van der Waals surface area contributed by atoms with Gasteiger partial charge in [0.1, 0.15) is 5.60 Å². The predicted molar refractivity (Wildman–Crippen MR) is 59.1 cm³/mol. The minimum atomic E-state index is -0.573. The van der Waals surface area contributed by atoms with Gasteiger partial charge >= 0.3 is 5.97 Å². The van der Waals surface area contributed by atoms with E-state index in [2.05, 4.69) is 25.4 Å². The lowest BCUT2D eigenvalue weighted by Crippen LogP contribution is -2.24. The van der Waals surface area contributed by atoms with Crippen LogP contribution in [0.1, 0.15) is 31.3 Å². The Bertz CT molecular complexity index is 509. The summed E-state index contributed by atoms with van der Waals surface area (Å²) in [6.45, 7) is 5.37. The maximum Gasteiger partial charge on any atom is 0.361 e. The van der Waals surface area contributed by atoms with Gasteiger partial charge in [0, 0.05) is 12.4 Å². The molecule has 2 aromatic rings. The highest BCUT2D eigenvalue weighted by Crippen LogP contribution is 2.18. The van der Waals surface area contributed by atoms with Gasteiger partial charge in [-0.25, -0.2) is 9.78 Å². The Hall–Kier alpha value is -2.18. The lowest BCUT2D eigenvalue weighted by atomic mass is 10.2. The van der Waals surface area contributed by atoms with Crippen molar-refractivity contribution in [2.45, 2.75) is 26.4 Å². The topological polar surface area (TPSA) is 96.6 Å². The first-order valence-corrected chi connectivity index (χ1v) is 5.11. The zero-order valence-electron chi connectivity index (χ0n) is 9.81. The van der Waals surface area contributed by atoms with Crippen LogP contribution in [0.5, 0.6) is 0 Å². The second kappa shape index (κ2) is 4.00. The van der Waals surface area contributed by atoms with Gasteiger partial charge in [0.05, 0.1) is 0 Å². The fourth-order valence-electron chi connectivity index (χ4n) is 1.26. The molecule has 0 atom stereocenters. The molecule has 0 fully saturated rings. The second-order valence-electron chi connectivity index (χ2n) is 4.46. The fourth-order valence-corrected chi connectivity index (χ4v) is 1.26. The molecule has 0 aliphatic carbocycles. The van der Waals surface area contributed by atoms with Gasteiger partial charge in [0.2, 0.25) is 5.69 Å². The third-order valence-electron chi connectivity index (χ3n) is 1.86. The van der Waals surface area contributed by atoms with Gasteiger partial charge in [-0.05, 0) is 20.8 Å². The van der Waals surface area contributed by atoms with Crippen molar-refractivity contribution in [2.24, 2.45) is 0 Å². The van der Waals surface area contributed by atoms with E-state index in [0.29, 0.717) is 11.5 Å². The Kier molecular flexibility index (Phi) is 2.66. The number of ether oxygens (including phenoxy) is 1. The molecule has 0 unspecified atom stereocenters. The average molecular weight is 235 g/mol. The van der Waals surface area contributed by atoms with Crippen molar-refractivity contribution in [3.8, 4) is 11.5 Å². The van der Waals surface area contributed by atoms with Crippen LogP contribution in [0.2, 0.25) is 0 Å². The molecule has 0 aliphatic rings. The lowest BCUT2D eigenvalue weighted by Gasteiger charge is -2.18. The number of aromatic nitrogens is 5. The third kappa shape index (κ3) is 2.49. The average Bonchev–Trinajstić information content (AvgIpc) is 2.85. The van der Waals surface area contributed by atoms with E-state index in [1.54, 1.807) is 33.2 Å². The molecule has 17 heavy (non-hydrogen) atoms. The molecular weight excluding hydrogens is 222 g/mol. The summed E-state index contributed by atoms with van der Waals surface area (Å²) in [5.74, 6) is -0.0581. The van der Waals surface area contributed by atoms with Gasteiger partial charge in [0.15, 0.2) is 11.5 Å². The van der Waals surface area contributed by atoms with Crippen LogP contribution < -0.4 is 0 Å². The molecule has 0 bridgehead atoms. The van der Waals surface area contributed by atoms with Crippen LogP contribution in [0.3, 0.4) is 0 Å². The number of carbonyl (C=O) groups excluding carboxylic acids is 1. The standard InChI is InChI=1S/C10H13N5O2/c1-10(2,3)17-9(16)7-6(13-15-14-7)8-11-4-5-12-8/h4-5H,1-3H3,(H,11,12)(H,13,14,15). The normalized spacial score (nSPS) is 11.5. The monoisotopic (exact) mass is 235 g/mol. The van der Waals surface area contributed by atoms with E-state index in [4.69, 9.17) is 4.74 Å². The van der Waals surface area contributed by atoms with Crippen molar-refractivity contribution >= 4 is 5.97 Å². The highest BCUT2D eigenvalue weighted by atomic mass is 16.6. The summed E-state index contributed by atoms with van der Waals surface area (Å²) in [4.78, 5) is 18.7. The molecule has 0 amide bonds. The van der Waals surface area contributed by atoms with Crippen molar-refractivity contribution in [1.29, 1.82) is 0 Å². The van der Waals surface area contributed by atoms with Gasteiger partial charge in [-0.15, -0.1) is 5.10 Å². The fraction of sp³-hybridized carbons (Fsp3) is 0.400. The number of imidazole rings is 1. The van der Waals surface area contributed by atoms with E-state index in [1.165, 1.54) is 0 Å². The van der Waals surface area contributed by atoms with Crippen LogP contribution in [-0.2, 0) is 4.74 Å². The highest BCUT2D eigenvalue weighted by molar-refractivity contribution is 5.93. The molecule has 7 heteroatoms. The van der Waals surface area contributed by atoms with Crippen LogP contribution in [0.4, 0.5) is 0 Å². The lowest BCUT2D eigenvalue weighted by molar-refractivity contribution is 0.00636. The summed E-state index contributed by atoms with van der Waals surface area (Å²) in [5.41, 5.74) is -0.102. The SMILES string of the molecule is CC(C)(C)OC(=O)c1n[nH]nc1-c1ncc[nH]1. The van der Waals surface area contributed by atoms with Gasteiger partial charge in [-0.1, -0.05) is 0 Å². The number of rotatable bonds is 2. The Morgan fingerprint density at radius 2 is 2.12 bits per heavy atom. The molecule has 2 aromatic heterocycles. The Balaban J connectivity index is 2.29. The van der Waals surface area contributed by atoms with Gasteiger partial charge < -0.3 is 9.72 Å². The summed E-state index contributed by atoms with van der Waals surface area (Å²) in [7, 11) is 0. The Morgan fingerprint density at radius 1 is 1.35 bits per heavy atom. The molecule has 0 aromatic carbocycles. The third-order valence-corrected chi connectivity index (χ3v) is 1.86. The number of carbonyl (C=O) groups is 1. The van der Waals surface area contributed by atoms with Crippen LogP contribution in [0.15, 0.2) is 12.4 Å². The first-order chi connectivity index (χ1) is 7.97. The van der Waals surface area contributed by atoms with E-state index in [1.807, 2.05) is 0 Å². The number of esters is 1. The number of nitrogens with one attached hydrogen (secondary N) is 2. The van der Waals surface area contributed by atoms with E-state index < -0.39 is 11.6 Å². The summed E-state index contributed by atoms with van der Waals surface area (Å²) < 4.78 is 5.22. The van der Waals surface area contributed by atoms with Crippen molar-refractivity contribution in [3.05, 3.63) is 18.1 Å². The van der Waals surface area contributed by atoms with Crippen LogP contribution in [-0.4, -0.2) is 36.9 Å². The molecule has 2 heterocycles. The molecule has 7 nitrogen and oxygen atoms in total. The number of hydrogen-bond donors (Lipinski definition) is 2. The second-order valence-corrected chi connectivity index (χ2v) is 4.46. The molecular formula is C10H13N5O2. The molecule has 0 aliphatic heterocycles. The quantitative estimate of drug-likeness (QED) is 0.761. The Labute approximate surface area is 97.6 Å². The molecule has 0 saturated carbocycles. The zero-order chi connectivity index (χ0) is 12.5. The van der Waals surface area contributed by atoms with E-state index in [0.717, 1.165) is 0 Å². The van der Waals surface area contributed by atoms with Crippen molar-refractivity contribution < 1.29 is 9.53 Å². The van der Waals surface area contributed by atoms with Gasteiger partial charge in [-0.3, -0.25) is 0 Å². The van der Waals surface area contributed by atoms with E-state index >= 15 is 0 Å². The molecule has 2 N–H and O–H groups in total. The van der Waals surface area contributed by atoms with E-state index in [9.17, 15) is 4.79 Å². The minimum Gasteiger partial charge on any atom is -0.455 e. The predicted octanol–water partition coefficient (Wildman–Crippen LogP) is 1.15. The van der Waals surface area contributed by atoms with Gasteiger partial charge in [0.25, 0.3) is 0 Å². The summed E-state index contributed by atoms with van der Waals surface area (Å²) in [5, 5.41) is 10.1. The summed E-state index contributed by atoms with van der Waals surface area (Å²) in [6, 6.07) is 0. The van der Waals surface area contributed by atoms with Gasteiger partial charge in [-0.2, -0.15) is 10.3 Å². The highest BCUT2D eigenvalue weighted by Gasteiger charge is 2.25. The number of hydrogen-bond acceptors (Lipinski definition) is 5. The smallest absolute Gasteiger partial charge is 0.361 e. The first kappa shape index (κ1) is 11.3. The molecule has 0 spiro atoms. The molecule has 0 saturated heterocycles. The first-order valence-electron chi connectivity index (χ1n) is 5.11. The van der Waals surface area contributed by atoms with Crippen LogP contribution >= 0.6 is 0 Å². The summed E-state index contributed by atoms with van der Waals surface area (Å²) in [6.07, 6.45) is 3.21. The number of nitrogens with zero attached hydrogens (tertiary/aromatic N) is 3.